The number of hydrogen-bond acceptors (Lipinski definition) is 4. The molecule has 2 fully saturated rings. The van der Waals surface area contributed by atoms with Gasteiger partial charge in [-0.05, 0) is 51.1 Å². The molecule has 2 aliphatic heterocycles. The molecule has 2 heterocycles. The van der Waals surface area contributed by atoms with Gasteiger partial charge in [0.05, 0.1) is 0 Å². The average Bonchev–Trinajstić information content (AvgIpc) is 2.90. The molecule has 0 aromatic carbocycles. The molecule has 2 saturated heterocycles. The van der Waals surface area contributed by atoms with Crippen LogP contribution < -0.4 is 5.32 Å². The Bertz CT molecular complexity index is 507. The highest BCUT2D eigenvalue weighted by atomic mass is 16.6. The predicted octanol–water partition coefficient (Wildman–Crippen LogP) is 2.09. The van der Waals surface area contributed by atoms with E-state index in [1.165, 1.54) is 0 Å². The molecule has 0 aliphatic carbocycles. The van der Waals surface area contributed by atoms with Gasteiger partial charge < -0.3 is 19.9 Å². The number of nitrogens with zero attached hydrogens (tertiary/aromatic N) is 2. The third-order valence-corrected chi connectivity index (χ3v) is 5.34. The van der Waals surface area contributed by atoms with Crippen LogP contribution in [0.1, 0.15) is 46.0 Å². The summed E-state index contributed by atoms with van der Waals surface area (Å²) in [5.74, 6) is 3.17. The Labute approximate surface area is 157 Å². The molecule has 1 unspecified atom stereocenters. The lowest BCUT2D eigenvalue weighted by molar-refractivity contribution is -0.126. The minimum atomic E-state index is -0.302. The van der Waals surface area contributed by atoms with Crippen LogP contribution in [0.3, 0.4) is 0 Å². The van der Waals surface area contributed by atoms with E-state index in [1.54, 1.807) is 4.90 Å². The topological polar surface area (TPSA) is 61.9 Å². The minimum Gasteiger partial charge on any atom is -0.436 e. The number of nitrogens with one attached hydrogen (secondary N) is 1. The highest BCUT2D eigenvalue weighted by Gasteiger charge is 2.30. The summed E-state index contributed by atoms with van der Waals surface area (Å²) in [7, 11) is 0. The molecule has 146 valence electrons. The van der Waals surface area contributed by atoms with E-state index >= 15 is 0 Å². The van der Waals surface area contributed by atoms with Gasteiger partial charge in [-0.1, -0.05) is 19.8 Å². The zero-order valence-corrected chi connectivity index (χ0v) is 16.2. The fourth-order valence-corrected chi connectivity index (χ4v) is 3.80. The molecule has 1 N–H and O–H groups in total. The summed E-state index contributed by atoms with van der Waals surface area (Å²) in [6, 6.07) is 0.486. The van der Waals surface area contributed by atoms with E-state index in [4.69, 9.17) is 11.2 Å². The molecule has 0 aromatic rings. The lowest BCUT2D eigenvalue weighted by Crippen LogP contribution is -2.45. The molecule has 6 nitrogen and oxygen atoms in total. The maximum atomic E-state index is 12.2. The zero-order valence-electron chi connectivity index (χ0n) is 16.2. The van der Waals surface area contributed by atoms with E-state index in [0.29, 0.717) is 18.5 Å². The van der Waals surface area contributed by atoms with E-state index < -0.39 is 0 Å². The largest absolute Gasteiger partial charge is 0.436 e. The Morgan fingerprint density at radius 3 is 2.54 bits per heavy atom. The zero-order chi connectivity index (χ0) is 18.9. The molecule has 0 saturated carbocycles. The lowest BCUT2D eigenvalue weighted by Gasteiger charge is -2.37. The maximum absolute atomic E-state index is 12.2. The van der Waals surface area contributed by atoms with Crippen molar-refractivity contribution in [1.82, 2.24) is 15.1 Å². The third kappa shape index (κ3) is 6.21. The molecular formula is C20H33N3O3. The molecule has 2 aliphatic rings. The summed E-state index contributed by atoms with van der Waals surface area (Å²) in [5, 5.41) is 3.06. The summed E-state index contributed by atoms with van der Waals surface area (Å²) in [4.78, 5) is 28.5. The van der Waals surface area contributed by atoms with Gasteiger partial charge in [-0.2, -0.15) is 0 Å². The van der Waals surface area contributed by atoms with Gasteiger partial charge in [0.25, 0.3) is 0 Å². The lowest BCUT2D eigenvalue weighted by atomic mass is 9.93. The number of hydrogen-bond donors (Lipinski definition) is 1. The molecule has 26 heavy (non-hydrogen) atoms. The average molecular weight is 364 g/mol. The molecule has 0 aromatic heterocycles. The maximum Gasteiger partial charge on any atom is 0.410 e. The quantitative estimate of drug-likeness (QED) is 0.760. The number of terminal acetylenes is 1. The highest BCUT2D eigenvalue weighted by molar-refractivity contribution is 5.78. The molecular weight excluding hydrogens is 330 g/mol. The minimum absolute atomic E-state index is 0.0329. The molecule has 1 atom stereocenters. The molecule has 2 amide bonds. The fourth-order valence-electron chi connectivity index (χ4n) is 3.80. The fraction of sp³-hybridized carbons (Fsp3) is 0.800. The van der Waals surface area contributed by atoms with E-state index in [0.717, 1.165) is 58.3 Å². The van der Waals surface area contributed by atoms with E-state index in [1.807, 2.05) is 0 Å². The number of amides is 2. The van der Waals surface area contributed by atoms with Crippen LogP contribution in [-0.4, -0.2) is 67.2 Å². The van der Waals surface area contributed by atoms with Crippen LogP contribution >= 0.6 is 0 Å². The van der Waals surface area contributed by atoms with Crippen molar-refractivity contribution in [3.63, 3.8) is 0 Å². The number of ether oxygens (including phenoxy) is 1. The van der Waals surface area contributed by atoms with E-state index in [9.17, 15) is 9.59 Å². The van der Waals surface area contributed by atoms with Crippen LogP contribution in [0.5, 0.6) is 0 Å². The van der Waals surface area contributed by atoms with Crippen LogP contribution in [0.4, 0.5) is 4.79 Å². The van der Waals surface area contributed by atoms with Gasteiger partial charge in [0.1, 0.15) is 0 Å². The standard InChI is InChI=1S/C20H33N3O3/c1-4-14-26-20(25)23-10-5-6-18(9-13-23)22-11-7-17(8-12-22)19(24)21-15-16(2)3/h1,16-18H,5-15H2,2-3H3,(H,21,24). The Balaban J connectivity index is 1.75. The second-order valence-corrected chi connectivity index (χ2v) is 7.78. The van der Waals surface area contributed by atoms with Crippen molar-refractivity contribution in [3.05, 3.63) is 0 Å². The van der Waals surface area contributed by atoms with Crippen LogP contribution in [0.15, 0.2) is 0 Å². The van der Waals surface area contributed by atoms with Gasteiger partial charge in [0, 0.05) is 31.6 Å². The van der Waals surface area contributed by atoms with Gasteiger partial charge >= 0.3 is 6.09 Å². The summed E-state index contributed by atoms with van der Waals surface area (Å²) < 4.78 is 5.04. The van der Waals surface area contributed by atoms with Gasteiger partial charge in [0.15, 0.2) is 6.61 Å². The number of piperidine rings is 1. The molecule has 0 spiro atoms. The molecule has 2 rings (SSSR count). The predicted molar refractivity (Wildman–Crippen MR) is 102 cm³/mol. The van der Waals surface area contributed by atoms with Crippen LogP contribution in [0.25, 0.3) is 0 Å². The Kier molecular flexibility index (Phi) is 8.24. The van der Waals surface area contributed by atoms with Crippen molar-refractivity contribution < 1.29 is 14.3 Å². The summed E-state index contributed by atoms with van der Waals surface area (Å²) in [5.41, 5.74) is 0. The number of rotatable bonds is 5. The number of carbonyl (C=O) groups is 2. The molecule has 0 radical (unpaired) electrons. The second-order valence-electron chi connectivity index (χ2n) is 7.78. The summed E-state index contributed by atoms with van der Waals surface area (Å²) in [6.45, 7) is 8.38. The van der Waals surface area contributed by atoms with Crippen molar-refractivity contribution in [2.45, 2.75) is 52.0 Å². The van der Waals surface area contributed by atoms with Crippen molar-refractivity contribution >= 4 is 12.0 Å². The normalized spacial score (nSPS) is 22.5. The molecule has 6 heteroatoms. The van der Waals surface area contributed by atoms with Crippen molar-refractivity contribution in [3.8, 4) is 12.3 Å². The first kappa shape index (κ1) is 20.6. The highest BCUT2D eigenvalue weighted by Crippen LogP contribution is 2.24. The van der Waals surface area contributed by atoms with E-state index in [-0.39, 0.29) is 24.5 Å². The Morgan fingerprint density at radius 2 is 1.88 bits per heavy atom. The number of carbonyl (C=O) groups excluding carboxylic acids is 2. The summed E-state index contributed by atoms with van der Waals surface area (Å²) in [6.07, 6.45) is 9.71. The van der Waals surface area contributed by atoms with Crippen LogP contribution in [0, 0.1) is 24.2 Å². The first-order valence-electron chi connectivity index (χ1n) is 9.88. The Hall–Kier alpha value is -1.74. The third-order valence-electron chi connectivity index (χ3n) is 5.34. The SMILES string of the molecule is C#CCOC(=O)N1CCCC(N2CCC(C(=O)NCC(C)C)CC2)CC1. The van der Waals surface area contributed by atoms with Gasteiger partial charge in [-0.3, -0.25) is 4.79 Å². The number of likely N-dealkylation sites (tertiary alicyclic amines) is 2. The first-order valence-corrected chi connectivity index (χ1v) is 9.88. The van der Waals surface area contributed by atoms with Crippen LogP contribution in [-0.2, 0) is 9.53 Å². The monoisotopic (exact) mass is 363 g/mol. The van der Waals surface area contributed by atoms with Crippen LogP contribution in [0.2, 0.25) is 0 Å². The Morgan fingerprint density at radius 1 is 1.15 bits per heavy atom. The first-order chi connectivity index (χ1) is 12.5. The second kappa shape index (κ2) is 10.4. The molecule has 0 bridgehead atoms. The van der Waals surface area contributed by atoms with Gasteiger partial charge in [-0.15, -0.1) is 6.42 Å². The van der Waals surface area contributed by atoms with Crippen molar-refractivity contribution in [1.29, 1.82) is 0 Å². The van der Waals surface area contributed by atoms with E-state index in [2.05, 4.69) is 30.0 Å². The smallest absolute Gasteiger partial charge is 0.410 e. The van der Waals surface area contributed by atoms with Gasteiger partial charge in [-0.25, -0.2) is 4.79 Å². The van der Waals surface area contributed by atoms with Crippen molar-refractivity contribution in [2.75, 3.05) is 39.3 Å². The van der Waals surface area contributed by atoms with Gasteiger partial charge in [0.2, 0.25) is 5.91 Å². The summed E-state index contributed by atoms with van der Waals surface area (Å²) >= 11 is 0. The van der Waals surface area contributed by atoms with Crippen molar-refractivity contribution in [2.24, 2.45) is 11.8 Å².